The first-order chi connectivity index (χ1) is 10.5. The molecule has 3 heteroatoms. The van der Waals surface area contributed by atoms with Crippen LogP contribution in [0, 0.1) is 11.8 Å². The summed E-state index contributed by atoms with van der Waals surface area (Å²) < 4.78 is 0. The Morgan fingerprint density at radius 2 is 1.77 bits per heavy atom. The van der Waals surface area contributed by atoms with Crippen LogP contribution in [0.4, 0.5) is 0 Å². The van der Waals surface area contributed by atoms with Crippen molar-refractivity contribution in [2.45, 2.75) is 52.0 Å². The van der Waals surface area contributed by atoms with E-state index in [1.807, 2.05) is 11.9 Å². The van der Waals surface area contributed by atoms with Crippen LogP contribution in [0.25, 0.3) is 0 Å². The maximum absolute atomic E-state index is 12.7. The van der Waals surface area contributed by atoms with E-state index >= 15 is 0 Å². The highest BCUT2D eigenvalue weighted by Gasteiger charge is 2.25. The van der Waals surface area contributed by atoms with Crippen molar-refractivity contribution in [3.63, 3.8) is 0 Å². The minimum Gasteiger partial charge on any atom is -0.345 e. The predicted octanol–water partition coefficient (Wildman–Crippen LogP) is 3.01. The smallest absolute Gasteiger partial charge is 0.225 e. The molecular weight excluding hydrogens is 272 g/mol. The van der Waals surface area contributed by atoms with Crippen LogP contribution in [-0.4, -0.2) is 30.4 Å². The second kappa shape index (κ2) is 7.77. The molecular formula is C19H30N2O. The first kappa shape index (κ1) is 17.0. The van der Waals surface area contributed by atoms with Gasteiger partial charge in [0.1, 0.15) is 0 Å². The molecule has 0 heterocycles. The van der Waals surface area contributed by atoms with Gasteiger partial charge < -0.3 is 10.6 Å². The van der Waals surface area contributed by atoms with Crippen LogP contribution in [0.5, 0.6) is 0 Å². The normalized spacial score (nSPS) is 17.0. The summed E-state index contributed by atoms with van der Waals surface area (Å²) in [4.78, 5) is 14.6. The summed E-state index contributed by atoms with van der Waals surface area (Å²) >= 11 is 0. The molecule has 2 N–H and O–H groups in total. The molecule has 1 aromatic carbocycles. The van der Waals surface area contributed by atoms with Crippen LogP contribution < -0.4 is 5.73 Å². The van der Waals surface area contributed by atoms with E-state index in [-0.39, 0.29) is 12.0 Å². The van der Waals surface area contributed by atoms with Crippen LogP contribution in [0.3, 0.4) is 0 Å². The van der Waals surface area contributed by atoms with Gasteiger partial charge in [-0.05, 0) is 49.1 Å². The fourth-order valence-corrected chi connectivity index (χ4v) is 3.19. The average molecular weight is 302 g/mol. The van der Waals surface area contributed by atoms with E-state index in [0.29, 0.717) is 11.8 Å². The van der Waals surface area contributed by atoms with Gasteiger partial charge in [-0.2, -0.15) is 0 Å². The number of benzene rings is 1. The van der Waals surface area contributed by atoms with Crippen molar-refractivity contribution in [3.05, 3.63) is 35.4 Å². The van der Waals surface area contributed by atoms with Crippen LogP contribution >= 0.6 is 0 Å². The van der Waals surface area contributed by atoms with Crippen LogP contribution in [0.2, 0.25) is 0 Å². The van der Waals surface area contributed by atoms with Crippen molar-refractivity contribution in [2.75, 3.05) is 13.6 Å². The Kier molecular flexibility index (Phi) is 6.01. The fourth-order valence-electron chi connectivity index (χ4n) is 3.19. The first-order valence-electron chi connectivity index (χ1n) is 8.56. The van der Waals surface area contributed by atoms with Crippen LogP contribution in [0.15, 0.2) is 24.3 Å². The number of hydrogen-bond donors (Lipinski definition) is 1. The topological polar surface area (TPSA) is 46.3 Å². The van der Waals surface area contributed by atoms with Crippen molar-refractivity contribution in [1.29, 1.82) is 0 Å². The SMILES string of the molecule is CC(C)C(N)CCN(C)C(=O)C1CCc2ccccc2CC1. The zero-order valence-corrected chi connectivity index (χ0v) is 14.2. The third-order valence-corrected chi connectivity index (χ3v) is 5.02. The number of carbonyl (C=O) groups is 1. The molecule has 0 saturated heterocycles. The molecule has 0 fully saturated rings. The predicted molar refractivity (Wildman–Crippen MR) is 91.6 cm³/mol. The van der Waals surface area contributed by atoms with E-state index < -0.39 is 0 Å². The minimum atomic E-state index is 0.160. The maximum atomic E-state index is 12.7. The summed E-state index contributed by atoms with van der Waals surface area (Å²) in [5.74, 6) is 0.923. The number of rotatable bonds is 5. The number of fused-ring (bicyclic) bond motifs is 1. The Labute approximate surface area is 134 Å². The molecule has 3 nitrogen and oxygen atoms in total. The van der Waals surface area contributed by atoms with Crippen molar-refractivity contribution in [1.82, 2.24) is 4.90 Å². The van der Waals surface area contributed by atoms with Gasteiger partial charge in [-0.1, -0.05) is 38.1 Å². The summed E-state index contributed by atoms with van der Waals surface area (Å²) in [6, 6.07) is 8.77. The summed E-state index contributed by atoms with van der Waals surface area (Å²) in [5, 5.41) is 0. The Hall–Kier alpha value is -1.35. The fraction of sp³-hybridized carbons (Fsp3) is 0.632. The van der Waals surface area contributed by atoms with Gasteiger partial charge in [0, 0.05) is 25.6 Å². The van der Waals surface area contributed by atoms with Crippen molar-refractivity contribution in [2.24, 2.45) is 17.6 Å². The Bertz CT molecular complexity index is 471. The highest BCUT2D eigenvalue weighted by Crippen LogP contribution is 2.25. The minimum absolute atomic E-state index is 0.160. The molecule has 0 aromatic heterocycles. The van der Waals surface area contributed by atoms with Gasteiger partial charge in [0.15, 0.2) is 0 Å². The van der Waals surface area contributed by atoms with Crippen molar-refractivity contribution in [3.8, 4) is 0 Å². The van der Waals surface area contributed by atoms with E-state index in [1.165, 1.54) is 11.1 Å². The summed E-state index contributed by atoms with van der Waals surface area (Å²) in [6.07, 6.45) is 4.86. The molecule has 0 aliphatic heterocycles. The molecule has 22 heavy (non-hydrogen) atoms. The molecule has 1 amide bonds. The monoisotopic (exact) mass is 302 g/mol. The lowest BCUT2D eigenvalue weighted by molar-refractivity contribution is -0.134. The lowest BCUT2D eigenvalue weighted by Crippen LogP contribution is -2.37. The molecule has 122 valence electrons. The molecule has 0 saturated carbocycles. The molecule has 1 aromatic rings. The van der Waals surface area contributed by atoms with Crippen LogP contribution in [-0.2, 0) is 17.6 Å². The van der Waals surface area contributed by atoms with Gasteiger partial charge in [-0.15, -0.1) is 0 Å². The number of hydrogen-bond acceptors (Lipinski definition) is 2. The standard InChI is InChI=1S/C19H30N2O/c1-14(2)18(20)12-13-21(3)19(22)17-10-8-15-6-4-5-7-16(15)9-11-17/h4-7,14,17-18H,8-13,20H2,1-3H3. The zero-order valence-electron chi connectivity index (χ0n) is 14.2. The number of nitrogens with zero attached hydrogens (tertiary/aromatic N) is 1. The molecule has 1 atom stereocenters. The second-order valence-corrected chi connectivity index (χ2v) is 7.00. The molecule has 0 radical (unpaired) electrons. The van der Waals surface area contributed by atoms with Gasteiger partial charge in [0.2, 0.25) is 5.91 Å². The number of aryl methyl sites for hydroxylation is 2. The van der Waals surface area contributed by atoms with E-state index in [0.717, 1.165) is 38.6 Å². The molecule has 0 bridgehead atoms. The van der Waals surface area contributed by atoms with E-state index in [2.05, 4.69) is 38.1 Å². The molecule has 1 aliphatic carbocycles. The summed E-state index contributed by atoms with van der Waals surface area (Å²) in [7, 11) is 1.92. The largest absolute Gasteiger partial charge is 0.345 e. The molecule has 1 aliphatic rings. The lowest BCUT2D eigenvalue weighted by atomic mass is 9.97. The van der Waals surface area contributed by atoms with E-state index in [1.54, 1.807) is 0 Å². The van der Waals surface area contributed by atoms with Crippen molar-refractivity contribution >= 4 is 5.91 Å². The second-order valence-electron chi connectivity index (χ2n) is 7.00. The summed E-state index contributed by atoms with van der Waals surface area (Å²) in [5.41, 5.74) is 8.93. The van der Waals surface area contributed by atoms with E-state index in [9.17, 15) is 4.79 Å². The quantitative estimate of drug-likeness (QED) is 0.850. The van der Waals surface area contributed by atoms with Gasteiger partial charge >= 0.3 is 0 Å². The van der Waals surface area contributed by atoms with Gasteiger partial charge in [0.25, 0.3) is 0 Å². The maximum Gasteiger partial charge on any atom is 0.225 e. The molecule has 1 unspecified atom stereocenters. The van der Waals surface area contributed by atoms with Crippen molar-refractivity contribution < 1.29 is 4.79 Å². The highest BCUT2D eigenvalue weighted by molar-refractivity contribution is 5.78. The molecule has 2 rings (SSSR count). The van der Waals surface area contributed by atoms with Crippen LogP contribution in [0.1, 0.15) is 44.2 Å². The number of nitrogens with two attached hydrogens (primary N) is 1. The Morgan fingerprint density at radius 1 is 1.23 bits per heavy atom. The third-order valence-electron chi connectivity index (χ3n) is 5.02. The highest BCUT2D eigenvalue weighted by atomic mass is 16.2. The average Bonchev–Trinajstić information content (AvgIpc) is 2.74. The van der Waals surface area contributed by atoms with E-state index in [4.69, 9.17) is 5.73 Å². The van der Waals surface area contributed by atoms with Gasteiger partial charge in [-0.3, -0.25) is 4.79 Å². The summed E-state index contributed by atoms with van der Waals surface area (Å²) in [6.45, 7) is 5.03. The Balaban J connectivity index is 1.88. The lowest BCUT2D eigenvalue weighted by Gasteiger charge is -2.25. The number of amides is 1. The number of carbonyl (C=O) groups excluding carboxylic acids is 1. The van der Waals surface area contributed by atoms with Gasteiger partial charge in [0.05, 0.1) is 0 Å². The zero-order chi connectivity index (χ0) is 16.1. The Morgan fingerprint density at radius 3 is 2.27 bits per heavy atom. The molecule has 0 spiro atoms. The first-order valence-corrected chi connectivity index (χ1v) is 8.56. The third kappa shape index (κ3) is 4.33. The van der Waals surface area contributed by atoms with Gasteiger partial charge in [-0.25, -0.2) is 0 Å².